The van der Waals surface area contributed by atoms with Crippen LogP contribution in [0.25, 0.3) is 0 Å². The van der Waals surface area contributed by atoms with Crippen molar-refractivity contribution in [3.63, 3.8) is 0 Å². The molecule has 2 aromatic rings. The maximum absolute atomic E-state index is 13.0. The molecule has 1 saturated heterocycles. The fourth-order valence-electron chi connectivity index (χ4n) is 4.17. The quantitative estimate of drug-likeness (QED) is 0.908. The molecular formula is C22H27N3O2. The highest BCUT2D eigenvalue weighted by atomic mass is 16.3. The van der Waals surface area contributed by atoms with E-state index in [0.29, 0.717) is 18.8 Å². The molecule has 5 nitrogen and oxygen atoms in total. The molecule has 5 heteroatoms. The fraction of sp³-hybridized carbons (Fsp3) is 0.409. The lowest BCUT2D eigenvalue weighted by molar-refractivity contribution is -0.137. The molecule has 1 amide bonds. The summed E-state index contributed by atoms with van der Waals surface area (Å²) in [6.07, 6.45) is 1.01. The molecule has 1 N–H and O–H groups in total. The van der Waals surface area contributed by atoms with Crippen molar-refractivity contribution in [1.82, 2.24) is 9.80 Å². The predicted molar refractivity (Wildman–Crippen MR) is 107 cm³/mol. The topological polar surface area (TPSA) is 47.0 Å². The molecule has 0 saturated carbocycles. The first-order valence-corrected chi connectivity index (χ1v) is 9.76. The Morgan fingerprint density at radius 3 is 2.33 bits per heavy atom. The number of aromatic hydroxyl groups is 1. The molecule has 142 valence electrons. The Morgan fingerprint density at radius 1 is 0.926 bits per heavy atom. The summed E-state index contributed by atoms with van der Waals surface area (Å²) in [6.45, 7) is 6.70. The lowest BCUT2D eigenvalue weighted by atomic mass is 9.98. The van der Waals surface area contributed by atoms with Gasteiger partial charge >= 0.3 is 0 Å². The first kappa shape index (κ1) is 17.9. The summed E-state index contributed by atoms with van der Waals surface area (Å²) in [5.74, 6) is 0.518. The first-order valence-electron chi connectivity index (χ1n) is 9.76. The number of fused-ring (bicyclic) bond motifs is 1. The van der Waals surface area contributed by atoms with Gasteiger partial charge in [0, 0.05) is 39.3 Å². The van der Waals surface area contributed by atoms with E-state index in [0.717, 1.165) is 38.3 Å². The molecule has 1 fully saturated rings. The smallest absolute Gasteiger partial charge is 0.239 e. The molecule has 0 spiro atoms. The molecule has 0 bridgehead atoms. The predicted octanol–water partition coefficient (Wildman–Crippen LogP) is 2.49. The number of anilines is 1. The van der Waals surface area contributed by atoms with Crippen molar-refractivity contribution in [3.05, 3.63) is 59.7 Å². The van der Waals surface area contributed by atoms with Crippen LogP contribution in [-0.2, 0) is 17.8 Å². The van der Waals surface area contributed by atoms with Gasteiger partial charge in [0.25, 0.3) is 0 Å². The van der Waals surface area contributed by atoms with Gasteiger partial charge in [-0.3, -0.25) is 9.69 Å². The second-order valence-electron chi connectivity index (χ2n) is 7.47. The number of hydrogen-bond donors (Lipinski definition) is 1. The van der Waals surface area contributed by atoms with E-state index in [1.165, 1.54) is 11.1 Å². The Labute approximate surface area is 160 Å². The fourth-order valence-corrected chi connectivity index (χ4v) is 4.17. The van der Waals surface area contributed by atoms with E-state index in [4.69, 9.17) is 0 Å². The van der Waals surface area contributed by atoms with Gasteiger partial charge in [-0.25, -0.2) is 0 Å². The highest BCUT2D eigenvalue weighted by Crippen LogP contribution is 2.27. The third-order valence-electron chi connectivity index (χ3n) is 5.88. The van der Waals surface area contributed by atoms with Crippen LogP contribution in [0.3, 0.4) is 0 Å². The minimum absolute atomic E-state index is 0.102. The number of rotatable bonds is 3. The maximum Gasteiger partial charge on any atom is 0.239 e. The van der Waals surface area contributed by atoms with E-state index in [1.807, 2.05) is 30.0 Å². The largest absolute Gasteiger partial charge is 0.506 e. The zero-order valence-corrected chi connectivity index (χ0v) is 15.8. The van der Waals surface area contributed by atoms with Gasteiger partial charge in [0.1, 0.15) is 5.75 Å². The van der Waals surface area contributed by atoms with Crippen molar-refractivity contribution in [3.8, 4) is 5.75 Å². The summed E-state index contributed by atoms with van der Waals surface area (Å²) >= 11 is 0. The standard InChI is InChI=1S/C22H27N3O2/c1-17(25-11-10-18-6-2-3-7-19(18)16-25)22(27)24-14-12-23(13-15-24)20-8-4-5-9-21(20)26/h2-9,17,26H,10-16H2,1H3. The van der Waals surface area contributed by atoms with Crippen LogP contribution in [0.15, 0.2) is 48.5 Å². The number of amides is 1. The van der Waals surface area contributed by atoms with Crippen LogP contribution in [-0.4, -0.2) is 59.6 Å². The molecule has 2 aromatic carbocycles. The zero-order valence-electron chi connectivity index (χ0n) is 15.8. The molecule has 1 unspecified atom stereocenters. The second kappa shape index (κ2) is 7.61. The number of piperazine rings is 1. The van der Waals surface area contributed by atoms with E-state index < -0.39 is 0 Å². The van der Waals surface area contributed by atoms with Crippen LogP contribution in [0.2, 0.25) is 0 Å². The molecule has 2 aliphatic rings. The Morgan fingerprint density at radius 2 is 1.59 bits per heavy atom. The van der Waals surface area contributed by atoms with Crippen LogP contribution in [0, 0.1) is 0 Å². The Bertz CT molecular complexity index is 815. The number of para-hydroxylation sites is 2. The molecule has 4 rings (SSSR count). The molecule has 2 aliphatic heterocycles. The molecule has 0 radical (unpaired) electrons. The molecule has 0 aromatic heterocycles. The lowest BCUT2D eigenvalue weighted by Crippen LogP contribution is -2.54. The Hall–Kier alpha value is -2.53. The normalized spacial score (nSPS) is 18.9. The van der Waals surface area contributed by atoms with Crippen molar-refractivity contribution in [1.29, 1.82) is 0 Å². The molecular weight excluding hydrogens is 338 g/mol. The van der Waals surface area contributed by atoms with E-state index in [9.17, 15) is 9.90 Å². The number of phenolic OH excluding ortho intramolecular Hbond substituents is 1. The number of hydrogen-bond acceptors (Lipinski definition) is 4. The Balaban J connectivity index is 1.36. The van der Waals surface area contributed by atoms with E-state index >= 15 is 0 Å². The van der Waals surface area contributed by atoms with Gasteiger partial charge in [-0.1, -0.05) is 36.4 Å². The molecule has 0 aliphatic carbocycles. The van der Waals surface area contributed by atoms with Crippen LogP contribution in [0.5, 0.6) is 5.75 Å². The van der Waals surface area contributed by atoms with Crippen molar-refractivity contribution in [2.24, 2.45) is 0 Å². The van der Waals surface area contributed by atoms with Gasteiger partial charge in [-0.05, 0) is 36.6 Å². The third kappa shape index (κ3) is 3.65. The average Bonchev–Trinajstić information content (AvgIpc) is 2.73. The van der Waals surface area contributed by atoms with Crippen LogP contribution >= 0.6 is 0 Å². The van der Waals surface area contributed by atoms with Crippen molar-refractivity contribution in [2.75, 3.05) is 37.6 Å². The zero-order chi connectivity index (χ0) is 18.8. The summed E-state index contributed by atoms with van der Waals surface area (Å²) in [5, 5.41) is 10.0. The number of phenols is 1. The number of benzene rings is 2. The minimum atomic E-state index is -0.102. The van der Waals surface area contributed by atoms with E-state index in [-0.39, 0.29) is 11.9 Å². The van der Waals surface area contributed by atoms with Gasteiger partial charge in [0.05, 0.1) is 11.7 Å². The summed E-state index contributed by atoms with van der Waals surface area (Å²) < 4.78 is 0. The van der Waals surface area contributed by atoms with E-state index in [1.54, 1.807) is 6.07 Å². The summed E-state index contributed by atoms with van der Waals surface area (Å²) in [4.78, 5) is 19.5. The molecule has 2 heterocycles. The van der Waals surface area contributed by atoms with Crippen LogP contribution in [0.4, 0.5) is 5.69 Å². The van der Waals surface area contributed by atoms with Gasteiger partial charge in [0.2, 0.25) is 5.91 Å². The third-order valence-corrected chi connectivity index (χ3v) is 5.88. The SMILES string of the molecule is CC(C(=O)N1CCN(c2ccccc2O)CC1)N1CCc2ccccc2C1. The van der Waals surface area contributed by atoms with Crippen LogP contribution in [0.1, 0.15) is 18.1 Å². The van der Waals surface area contributed by atoms with Crippen molar-refractivity contribution < 1.29 is 9.90 Å². The summed E-state index contributed by atoms with van der Waals surface area (Å²) in [7, 11) is 0. The summed E-state index contributed by atoms with van der Waals surface area (Å²) in [6, 6.07) is 15.8. The van der Waals surface area contributed by atoms with Gasteiger partial charge in [0.15, 0.2) is 0 Å². The lowest BCUT2D eigenvalue weighted by Gasteiger charge is -2.40. The van der Waals surface area contributed by atoms with Gasteiger partial charge in [-0.2, -0.15) is 0 Å². The first-order chi connectivity index (χ1) is 13.1. The van der Waals surface area contributed by atoms with E-state index in [2.05, 4.69) is 34.1 Å². The summed E-state index contributed by atoms with van der Waals surface area (Å²) in [5.41, 5.74) is 3.60. The van der Waals surface area contributed by atoms with Gasteiger partial charge < -0.3 is 14.9 Å². The van der Waals surface area contributed by atoms with Crippen molar-refractivity contribution >= 4 is 11.6 Å². The monoisotopic (exact) mass is 365 g/mol. The number of nitrogens with zero attached hydrogens (tertiary/aromatic N) is 3. The Kier molecular flexibility index (Phi) is 5.03. The van der Waals surface area contributed by atoms with Crippen molar-refractivity contribution in [2.45, 2.75) is 25.9 Å². The minimum Gasteiger partial charge on any atom is -0.506 e. The number of carbonyl (C=O) groups excluding carboxylic acids is 1. The van der Waals surface area contributed by atoms with Gasteiger partial charge in [-0.15, -0.1) is 0 Å². The average molecular weight is 365 g/mol. The second-order valence-corrected chi connectivity index (χ2v) is 7.47. The van der Waals surface area contributed by atoms with Crippen LogP contribution < -0.4 is 4.90 Å². The number of carbonyl (C=O) groups is 1. The highest BCUT2D eigenvalue weighted by molar-refractivity contribution is 5.82. The highest BCUT2D eigenvalue weighted by Gasteiger charge is 2.30. The molecule has 27 heavy (non-hydrogen) atoms. The molecule has 1 atom stereocenters. The maximum atomic E-state index is 13.0.